The number of halogens is 1. The lowest BCUT2D eigenvalue weighted by molar-refractivity contribution is -0.119. The highest BCUT2D eigenvalue weighted by atomic mass is 35.5. The van der Waals surface area contributed by atoms with E-state index in [1.165, 1.54) is 0 Å². The molecule has 11 heteroatoms. The number of hydrogen-bond acceptors (Lipinski definition) is 6. The molecule has 0 aliphatic carbocycles. The molecule has 4 aromatic heterocycles. The average molecular weight is 569 g/mol. The van der Waals surface area contributed by atoms with E-state index in [2.05, 4.69) is 20.5 Å². The number of rotatable bonds is 3. The predicted octanol–water partition coefficient (Wildman–Crippen LogP) is 5.11. The van der Waals surface area contributed by atoms with Gasteiger partial charge in [-0.3, -0.25) is 28.5 Å². The van der Waals surface area contributed by atoms with E-state index in [4.69, 9.17) is 16.6 Å². The third kappa shape index (κ3) is 5.18. The summed E-state index contributed by atoms with van der Waals surface area (Å²) in [5.74, 6) is -0.264. The van der Waals surface area contributed by atoms with E-state index < -0.39 is 0 Å². The first kappa shape index (κ1) is 26.6. The van der Waals surface area contributed by atoms with Crippen molar-refractivity contribution in [3.05, 3.63) is 88.6 Å². The molecule has 2 atom stereocenters. The second kappa shape index (κ2) is 10.8. The molecule has 2 bridgehead atoms. The number of aryl methyl sites for hydroxylation is 2. The monoisotopic (exact) mass is 568 g/mol. The minimum Gasteiger partial charge on any atom is -0.323 e. The number of hydrogen-bond donors (Lipinski definition) is 1. The number of nitrogens with zero attached hydrogens (tertiary/aromatic N) is 7. The van der Waals surface area contributed by atoms with Crippen molar-refractivity contribution in [2.75, 3.05) is 5.32 Å². The van der Waals surface area contributed by atoms with Gasteiger partial charge in [-0.25, -0.2) is 4.98 Å². The minimum absolute atomic E-state index is 0.0558. The molecular formula is C30H29ClN8O2. The maximum Gasteiger partial charge on any atom is 0.254 e. The van der Waals surface area contributed by atoms with Crippen molar-refractivity contribution in [3.63, 3.8) is 0 Å². The fourth-order valence-corrected chi connectivity index (χ4v) is 5.59. The minimum atomic E-state index is -0.368. The number of carbonyl (C=O) groups is 1. The highest BCUT2D eigenvalue weighted by Gasteiger charge is 2.24. The molecule has 5 heterocycles. The largest absolute Gasteiger partial charge is 0.323 e. The zero-order chi connectivity index (χ0) is 28.7. The molecule has 10 nitrogen and oxygen atoms in total. The molecule has 0 saturated heterocycles. The van der Waals surface area contributed by atoms with E-state index in [0.29, 0.717) is 29.2 Å². The molecule has 0 radical (unpaired) electrons. The fraction of sp³-hybridized carbons (Fsp3) is 0.267. The van der Waals surface area contributed by atoms with Gasteiger partial charge in [0.2, 0.25) is 5.91 Å². The van der Waals surface area contributed by atoms with Gasteiger partial charge in [0.05, 0.1) is 47.5 Å². The smallest absolute Gasteiger partial charge is 0.254 e. The third-order valence-electron chi connectivity index (χ3n) is 7.60. The van der Waals surface area contributed by atoms with Crippen LogP contribution >= 0.6 is 11.6 Å². The standard InChI is InChI=1S/C30H29ClN8O2/c1-18-5-4-6-27(25-11-19(9-10-32-25)29-26(36-30(18)41)15-35-38(29)3)39-17-33-24(13-28(39)40)23-12-21(31)7-8-22(23)20-14-34-37(2)16-20/h7-18,27H,4-6H2,1-3H3,(H,36,41)/t18-,27+/m1/s1. The van der Waals surface area contributed by atoms with Crippen molar-refractivity contribution in [2.45, 2.75) is 32.2 Å². The summed E-state index contributed by atoms with van der Waals surface area (Å²) in [6.45, 7) is 1.91. The number of fused-ring (bicyclic) bond motifs is 4. The quantitative estimate of drug-likeness (QED) is 0.324. The van der Waals surface area contributed by atoms with Gasteiger partial charge in [0, 0.05) is 60.2 Å². The summed E-state index contributed by atoms with van der Waals surface area (Å²) in [5, 5.41) is 12.2. The summed E-state index contributed by atoms with van der Waals surface area (Å²) in [5.41, 5.74) is 5.86. The molecule has 41 heavy (non-hydrogen) atoms. The second-order valence-electron chi connectivity index (χ2n) is 10.4. The van der Waals surface area contributed by atoms with Crippen LogP contribution in [0.5, 0.6) is 0 Å². The van der Waals surface area contributed by atoms with Gasteiger partial charge in [0.25, 0.3) is 5.56 Å². The summed E-state index contributed by atoms with van der Waals surface area (Å²) < 4.78 is 5.08. The molecule has 1 aromatic carbocycles. The summed E-state index contributed by atoms with van der Waals surface area (Å²) in [7, 11) is 3.69. The van der Waals surface area contributed by atoms with E-state index >= 15 is 0 Å². The molecule has 1 aliphatic heterocycles. The number of nitrogens with one attached hydrogen (secondary N) is 1. The number of amides is 1. The molecule has 6 rings (SSSR count). The Hall–Kier alpha value is -4.57. The molecule has 0 unspecified atom stereocenters. The summed E-state index contributed by atoms with van der Waals surface area (Å²) in [6, 6.07) is 10.6. The predicted molar refractivity (Wildman–Crippen MR) is 157 cm³/mol. The van der Waals surface area contributed by atoms with Crippen LogP contribution in [0, 0.1) is 5.92 Å². The lowest BCUT2D eigenvalue weighted by Gasteiger charge is -2.22. The van der Waals surface area contributed by atoms with Crippen molar-refractivity contribution in [2.24, 2.45) is 20.0 Å². The molecule has 0 saturated carbocycles. The third-order valence-corrected chi connectivity index (χ3v) is 7.84. The fourth-order valence-electron chi connectivity index (χ4n) is 5.41. The summed E-state index contributed by atoms with van der Waals surface area (Å²) in [6.07, 6.45) is 10.6. The van der Waals surface area contributed by atoms with Crippen LogP contribution in [0.1, 0.15) is 37.9 Å². The molecule has 1 aliphatic rings. The van der Waals surface area contributed by atoms with E-state index in [-0.39, 0.29) is 23.4 Å². The van der Waals surface area contributed by atoms with Crippen LogP contribution in [0.3, 0.4) is 0 Å². The Balaban J connectivity index is 1.44. The first-order valence-electron chi connectivity index (χ1n) is 13.4. The van der Waals surface area contributed by atoms with Gasteiger partial charge < -0.3 is 5.32 Å². The average Bonchev–Trinajstić information content (AvgIpc) is 3.55. The maximum atomic E-state index is 13.7. The molecular weight excluding hydrogens is 540 g/mol. The number of carbonyl (C=O) groups excluding carboxylic acids is 1. The van der Waals surface area contributed by atoms with Gasteiger partial charge in [0.1, 0.15) is 0 Å². The van der Waals surface area contributed by atoms with Crippen LogP contribution in [0.15, 0.2) is 72.3 Å². The Morgan fingerprint density at radius 3 is 2.59 bits per heavy atom. The van der Waals surface area contributed by atoms with Crippen molar-refractivity contribution in [3.8, 4) is 33.6 Å². The molecule has 1 N–H and O–H groups in total. The Bertz CT molecular complexity index is 1820. The van der Waals surface area contributed by atoms with Gasteiger partial charge in [-0.2, -0.15) is 10.2 Å². The highest BCUT2D eigenvalue weighted by molar-refractivity contribution is 6.31. The van der Waals surface area contributed by atoms with E-state index in [1.807, 2.05) is 57.5 Å². The van der Waals surface area contributed by atoms with Crippen molar-refractivity contribution < 1.29 is 4.79 Å². The first-order valence-corrected chi connectivity index (χ1v) is 13.8. The van der Waals surface area contributed by atoms with E-state index in [1.54, 1.807) is 44.9 Å². The van der Waals surface area contributed by atoms with Gasteiger partial charge in [-0.15, -0.1) is 0 Å². The van der Waals surface area contributed by atoms with Crippen LogP contribution in [0.4, 0.5) is 5.69 Å². The maximum absolute atomic E-state index is 13.7. The van der Waals surface area contributed by atoms with Gasteiger partial charge in [-0.1, -0.05) is 31.0 Å². The van der Waals surface area contributed by atoms with Crippen LogP contribution < -0.4 is 10.9 Å². The van der Waals surface area contributed by atoms with Crippen LogP contribution in [0.25, 0.3) is 33.6 Å². The van der Waals surface area contributed by atoms with E-state index in [9.17, 15) is 9.59 Å². The zero-order valence-corrected chi connectivity index (χ0v) is 23.7. The molecule has 0 spiro atoms. The molecule has 5 aromatic rings. The van der Waals surface area contributed by atoms with Gasteiger partial charge in [-0.05, 0) is 42.7 Å². The van der Waals surface area contributed by atoms with Crippen LogP contribution in [0.2, 0.25) is 5.02 Å². The first-order chi connectivity index (χ1) is 19.8. The number of pyridine rings is 1. The number of benzene rings is 1. The molecule has 208 valence electrons. The van der Waals surface area contributed by atoms with Crippen LogP contribution in [-0.2, 0) is 18.9 Å². The summed E-state index contributed by atoms with van der Waals surface area (Å²) >= 11 is 6.36. The highest BCUT2D eigenvalue weighted by Crippen LogP contribution is 2.34. The van der Waals surface area contributed by atoms with Crippen LogP contribution in [-0.4, -0.2) is 40.0 Å². The number of aromatic nitrogens is 7. The second-order valence-corrected chi connectivity index (χ2v) is 10.9. The molecule has 0 fully saturated rings. The topological polar surface area (TPSA) is 113 Å². The Labute approximate surface area is 241 Å². The summed E-state index contributed by atoms with van der Waals surface area (Å²) in [4.78, 5) is 36.0. The van der Waals surface area contributed by atoms with Crippen molar-refractivity contribution in [1.29, 1.82) is 0 Å². The number of anilines is 1. The van der Waals surface area contributed by atoms with Crippen molar-refractivity contribution in [1.82, 2.24) is 34.1 Å². The molecule has 1 amide bonds. The lowest BCUT2D eigenvalue weighted by atomic mass is 9.96. The zero-order valence-electron chi connectivity index (χ0n) is 23.0. The SMILES string of the molecule is C[C@@H]1CCC[C@H](n2cnc(-c3cc(Cl)ccc3-c3cnn(C)c3)cc2=O)c2cc(ccn2)-c2c(cnn2C)NC1=O. The normalized spacial score (nSPS) is 17.3. The van der Waals surface area contributed by atoms with Gasteiger partial charge in [0.15, 0.2) is 0 Å². The van der Waals surface area contributed by atoms with Crippen molar-refractivity contribution >= 4 is 23.2 Å². The Kier molecular flexibility index (Phi) is 7.00. The Morgan fingerprint density at radius 2 is 1.80 bits per heavy atom. The Morgan fingerprint density at radius 1 is 0.951 bits per heavy atom. The lowest BCUT2D eigenvalue weighted by Crippen LogP contribution is -2.27. The van der Waals surface area contributed by atoms with E-state index in [0.717, 1.165) is 40.1 Å². The van der Waals surface area contributed by atoms with Gasteiger partial charge >= 0.3 is 0 Å².